The third kappa shape index (κ3) is 4.61. The van der Waals surface area contributed by atoms with Crippen molar-refractivity contribution >= 4 is 28.0 Å². The molecule has 0 aromatic heterocycles. The molecule has 92 valence electrons. The van der Waals surface area contributed by atoms with Crippen LogP contribution in [0.1, 0.15) is 18.9 Å². The van der Waals surface area contributed by atoms with Crippen molar-refractivity contribution in [2.75, 3.05) is 13.7 Å². The van der Waals surface area contributed by atoms with Gasteiger partial charge in [0.15, 0.2) is 0 Å². The molecule has 4 heteroatoms. The summed E-state index contributed by atoms with van der Waals surface area (Å²) in [4.78, 5) is 11.3. The smallest absolute Gasteiger partial charge is 0.330 e. The molecule has 0 aliphatic rings. The van der Waals surface area contributed by atoms with Gasteiger partial charge >= 0.3 is 5.97 Å². The van der Waals surface area contributed by atoms with E-state index in [0.717, 1.165) is 16.5 Å². The predicted molar refractivity (Wildman–Crippen MR) is 71.0 cm³/mol. The summed E-state index contributed by atoms with van der Waals surface area (Å²) in [6.07, 6.45) is 3.90. The standard InChI is InChI=1S/C13H15BrO3/c1-3-8-17-13(15)7-4-10-9-11(14)5-6-12(10)16-2/h4-7,9H,3,8H2,1-2H3/b7-4+. The average Bonchev–Trinajstić information content (AvgIpc) is 2.34. The molecule has 0 unspecified atom stereocenters. The highest BCUT2D eigenvalue weighted by Gasteiger charge is 2.01. The number of hydrogen-bond donors (Lipinski definition) is 0. The molecule has 1 rings (SSSR count). The van der Waals surface area contributed by atoms with Crippen LogP contribution in [0.5, 0.6) is 5.75 Å². The van der Waals surface area contributed by atoms with Crippen molar-refractivity contribution < 1.29 is 14.3 Å². The maximum atomic E-state index is 11.3. The Bertz CT molecular complexity index is 413. The van der Waals surface area contributed by atoms with E-state index in [1.165, 1.54) is 6.08 Å². The number of methoxy groups -OCH3 is 1. The summed E-state index contributed by atoms with van der Waals surface area (Å²) in [5.41, 5.74) is 0.829. The van der Waals surface area contributed by atoms with Gasteiger partial charge in [0.1, 0.15) is 5.75 Å². The van der Waals surface area contributed by atoms with Gasteiger partial charge in [-0.25, -0.2) is 4.79 Å². The Morgan fingerprint density at radius 2 is 2.24 bits per heavy atom. The second-order valence-electron chi connectivity index (χ2n) is 3.39. The van der Waals surface area contributed by atoms with Crippen LogP contribution < -0.4 is 4.74 Å². The summed E-state index contributed by atoms with van der Waals surface area (Å²) in [7, 11) is 1.59. The Hall–Kier alpha value is -1.29. The first-order valence-corrected chi connectivity index (χ1v) is 6.15. The van der Waals surface area contributed by atoms with Crippen LogP contribution in [-0.4, -0.2) is 19.7 Å². The first kappa shape index (κ1) is 13.8. The van der Waals surface area contributed by atoms with Crippen LogP contribution in [0.15, 0.2) is 28.7 Å². The first-order valence-electron chi connectivity index (χ1n) is 5.35. The van der Waals surface area contributed by atoms with E-state index in [-0.39, 0.29) is 5.97 Å². The average molecular weight is 299 g/mol. The quantitative estimate of drug-likeness (QED) is 0.617. The molecule has 0 spiro atoms. The summed E-state index contributed by atoms with van der Waals surface area (Å²) < 4.78 is 11.1. The fraction of sp³-hybridized carbons (Fsp3) is 0.308. The van der Waals surface area contributed by atoms with Crippen LogP contribution >= 0.6 is 15.9 Å². The van der Waals surface area contributed by atoms with Gasteiger partial charge in [-0.3, -0.25) is 0 Å². The van der Waals surface area contributed by atoms with Crippen molar-refractivity contribution in [2.24, 2.45) is 0 Å². The highest BCUT2D eigenvalue weighted by atomic mass is 79.9. The number of esters is 1. The van der Waals surface area contributed by atoms with Crippen LogP contribution in [0.25, 0.3) is 6.08 Å². The van der Waals surface area contributed by atoms with E-state index in [4.69, 9.17) is 9.47 Å². The number of carbonyl (C=O) groups excluding carboxylic acids is 1. The van der Waals surface area contributed by atoms with Crippen LogP contribution in [-0.2, 0) is 9.53 Å². The number of halogens is 1. The second-order valence-corrected chi connectivity index (χ2v) is 4.30. The molecule has 17 heavy (non-hydrogen) atoms. The van der Waals surface area contributed by atoms with E-state index in [1.807, 2.05) is 25.1 Å². The molecule has 0 aliphatic heterocycles. The van der Waals surface area contributed by atoms with E-state index < -0.39 is 0 Å². The van der Waals surface area contributed by atoms with Gasteiger partial charge < -0.3 is 9.47 Å². The zero-order valence-corrected chi connectivity index (χ0v) is 11.5. The molecule has 0 bridgehead atoms. The molecule has 1 aromatic rings. The number of rotatable bonds is 5. The van der Waals surface area contributed by atoms with Crippen molar-refractivity contribution in [3.63, 3.8) is 0 Å². The minimum Gasteiger partial charge on any atom is -0.496 e. The number of benzene rings is 1. The first-order chi connectivity index (χ1) is 8.17. The molecule has 1 aromatic carbocycles. The lowest BCUT2D eigenvalue weighted by Gasteiger charge is -2.04. The van der Waals surface area contributed by atoms with Crippen molar-refractivity contribution in [3.05, 3.63) is 34.3 Å². The third-order valence-corrected chi connectivity index (χ3v) is 2.53. The minimum absolute atomic E-state index is 0.339. The van der Waals surface area contributed by atoms with Crippen LogP contribution in [0.2, 0.25) is 0 Å². The van der Waals surface area contributed by atoms with Gasteiger partial charge in [0, 0.05) is 16.1 Å². The van der Waals surface area contributed by atoms with Gasteiger partial charge in [0.2, 0.25) is 0 Å². The van der Waals surface area contributed by atoms with E-state index in [2.05, 4.69) is 15.9 Å². The normalized spacial score (nSPS) is 10.5. The van der Waals surface area contributed by atoms with Gasteiger partial charge in [-0.15, -0.1) is 0 Å². The monoisotopic (exact) mass is 298 g/mol. The van der Waals surface area contributed by atoms with Crippen LogP contribution in [0.3, 0.4) is 0 Å². The molecule has 0 saturated heterocycles. The number of ether oxygens (including phenoxy) is 2. The molecule has 0 radical (unpaired) electrons. The largest absolute Gasteiger partial charge is 0.496 e. The summed E-state index contributed by atoms with van der Waals surface area (Å²) in [5.74, 6) is 0.377. The zero-order valence-electron chi connectivity index (χ0n) is 9.90. The van der Waals surface area contributed by atoms with Crippen molar-refractivity contribution in [3.8, 4) is 5.75 Å². The van der Waals surface area contributed by atoms with Gasteiger partial charge in [-0.1, -0.05) is 22.9 Å². The third-order valence-electron chi connectivity index (χ3n) is 2.04. The van der Waals surface area contributed by atoms with Gasteiger partial charge in [0.05, 0.1) is 13.7 Å². The SMILES string of the molecule is CCCOC(=O)/C=C/c1cc(Br)ccc1OC. The molecule has 0 saturated carbocycles. The van der Waals surface area contributed by atoms with Crippen LogP contribution in [0, 0.1) is 0 Å². The number of carbonyl (C=O) groups is 1. The summed E-state index contributed by atoms with van der Waals surface area (Å²) in [5, 5.41) is 0. The second kappa shape index (κ2) is 7.12. The molecule has 0 heterocycles. The van der Waals surface area contributed by atoms with E-state index >= 15 is 0 Å². The Morgan fingerprint density at radius 1 is 1.47 bits per heavy atom. The zero-order chi connectivity index (χ0) is 12.7. The molecule has 0 aliphatic carbocycles. The minimum atomic E-state index is -0.339. The molecular formula is C13H15BrO3. The van der Waals surface area contributed by atoms with Crippen molar-refractivity contribution in [1.29, 1.82) is 0 Å². The Labute approximate surface area is 110 Å². The van der Waals surface area contributed by atoms with Crippen LogP contribution in [0.4, 0.5) is 0 Å². The molecule has 3 nitrogen and oxygen atoms in total. The molecule has 0 atom stereocenters. The number of hydrogen-bond acceptors (Lipinski definition) is 3. The lowest BCUT2D eigenvalue weighted by Crippen LogP contribution is -2.00. The van der Waals surface area contributed by atoms with E-state index in [9.17, 15) is 4.79 Å². The van der Waals surface area contributed by atoms with Gasteiger partial charge in [-0.05, 0) is 30.7 Å². The summed E-state index contributed by atoms with van der Waals surface area (Å²) in [6.45, 7) is 2.40. The fourth-order valence-electron chi connectivity index (χ4n) is 1.24. The molecule has 0 N–H and O–H groups in total. The maximum absolute atomic E-state index is 11.3. The fourth-order valence-corrected chi connectivity index (χ4v) is 1.62. The highest BCUT2D eigenvalue weighted by molar-refractivity contribution is 9.10. The van der Waals surface area contributed by atoms with E-state index in [1.54, 1.807) is 13.2 Å². The Morgan fingerprint density at radius 3 is 2.88 bits per heavy atom. The lowest BCUT2D eigenvalue weighted by atomic mass is 10.2. The van der Waals surface area contributed by atoms with E-state index in [0.29, 0.717) is 12.4 Å². The topological polar surface area (TPSA) is 35.5 Å². The maximum Gasteiger partial charge on any atom is 0.330 e. The highest BCUT2D eigenvalue weighted by Crippen LogP contribution is 2.24. The Balaban J connectivity index is 2.76. The molecule has 0 amide bonds. The predicted octanol–water partition coefficient (Wildman–Crippen LogP) is 3.42. The molecular weight excluding hydrogens is 284 g/mol. The molecule has 0 fully saturated rings. The Kier molecular flexibility index (Phi) is 5.77. The van der Waals surface area contributed by atoms with Crippen molar-refractivity contribution in [1.82, 2.24) is 0 Å². The lowest BCUT2D eigenvalue weighted by molar-refractivity contribution is -0.137. The van der Waals surface area contributed by atoms with Gasteiger partial charge in [0.25, 0.3) is 0 Å². The summed E-state index contributed by atoms with van der Waals surface area (Å²) >= 11 is 3.37. The van der Waals surface area contributed by atoms with Crippen molar-refractivity contribution in [2.45, 2.75) is 13.3 Å². The van der Waals surface area contributed by atoms with Gasteiger partial charge in [-0.2, -0.15) is 0 Å². The summed E-state index contributed by atoms with van der Waals surface area (Å²) in [6, 6.07) is 5.59.